The maximum absolute atomic E-state index is 11.9. The molecular formula is C20H38O5. The molecule has 0 rings (SSSR count). The largest absolute Gasteiger partial charge is 0.463 e. The smallest absolute Gasteiger partial charge is 0.309 e. The quantitative estimate of drug-likeness (QED) is 0.305. The fraction of sp³-hybridized carbons (Fsp3) is 0.900. The average Bonchev–Trinajstić information content (AvgIpc) is 2.60. The fourth-order valence-electron chi connectivity index (χ4n) is 2.71. The van der Waals surface area contributed by atoms with Gasteiger partial charge in [-0.15, -0.1) is 0 Å². The van der Waals surface area contributed by atoms with Gasteiger partial charge in [0.05, 0.1) is 12.5 Å². The van der Waals surface area contributed by atoms with Crippen LogP contribution in [0.2, 0.25) is 0 Å². The Balaban J connectivity index is 3.55. The molecule has 0 amide bonds. The van der Waals surface area contributed by atoms with E-state index in [0.717, 1.165) is 12.8 Å². The van der Waals surface area contributed by atoms with E-state index in [0.29, 0.717) is 6.42 Å². The Morgan fingerprint density at radius 1 is 0.920 bits per heavy atom. The van der Waals surface area contributed by atoms with Crippen LogP contribution in [0.3, 0.4) is 0 Å². The summed E-state index contributed by atoms with van der Waals surface area (Å²) in [7, 11) is 0. The van der Waals surface area contributed by atoms with Gasteiger partial charge in [-0.1, -0.05) is 71.6 Å². The number of aliphatic hydroxyl groups is 2. The van der Waals surface area contributed by atoms with E-state index in [1.54, 1.807) is 6.92 Å². The summed E-state index contributed by atoms with van der Waals surface area (Å²) in [6.07, 6.45) is 12.0. The zero-order valence-electron chi connectivity index (χ0n) is 16.2. The van der Waals surface area contributed by atoms with Gasteiger partial charge in [0.1, 0.15) is 18.5 Å². The number of rotatable bonds is 17. The van der Waals surface area contributed by atoms with Crippen molar-refractivity contribution in [3.63, 3.8) is 0 Å². The molecule has 2 N–H and O–H groups in total. The third-order valence-electron chi connectivity index (χ3n) is 4.37. The minimum absolute atomic E-state index is 0.0896. The lowest BCUT2D eigenvalue weighted by Crippen LogP contribution is -2.25. The van der Waals surface area contributed by atoms with E-state index in [2.05, 4.69) is 6.92 Å². The monoisotopic (exact) mass is 358 g/mol. The Bertz CT molecular complexity index is 343. The molecule has 5 heteroatoms. The predicted molar refractivity (Wildman–Crippen MR) is 99.3 cm³/mol. The van der Waals surface area contributed by atoms with Crippen molar-refractivity contribution >= 4 is 11.8 Å². The number of ketones is 1. The summed E-state index contributed by atoms with van der Waals surface area (Å²) in [4.78, 5) is 23.6. The molecule has 2 unspecified atom stereocenters. The van der Waals surface area contributed by atoms with Crippen molar-refractivity contribution in [3.05, 3.63) is 0 Å². The van der Waals surface area contributed by atoms with E-state index in [4.69, 9.17) is 14.9 Å². The molecular weight excluding hydrogens is 320 g/mol. The second-order valence-electron chi connectivity index (χ2n) is 7.04. The highest BCUT2D eigenvalue weighted by atomic mass is 16.5. The molecule has 0 aromatic carbocycles. The molecule has 0 saturated heterocycles. The van der Waals surface area contributed by atoms with Gasteiger partial charge in [0.2, 0.25) is 0 Å². The second kappa shape index (κ2) is 16.5. The van der Waals surface area contributed by atoms with Crippen LogP contribution in [0.4, 0.5) is 0 Å². The first-order valence-electron chi connectivity index (χ1n) is 9.98. The SMILES string of the molecule is CCCCCCCCCCCCC(=O)CC(C)C(=O)OCC(O)CO. The highest BCUT2D eigenvalue weighted by Crippen LogP contribution is 2.13. The molecule has 0 aliphatic heterocycles. The van der Waals surface area contributed by atoms with Crippen molar-refractivity contribution in [1.82, 2.24) is 0 Å². The summed E-state index contributed by atoms with van der Waals surface area (Å²) in [6, 6.07) is 0. The van der Waals surface area contributed by atoms with E-state index in [1.807, 2.05) is 0 Å². The number of hydrogen-bond donors (Lipinski definition) is 2. The second-order valence-corrected chi connectivity index (χ2v) is 7.04. The molecule has 0 heterocycles. The zero-order chi connectivity index (χ0) is 18.9. The van der Waals surface area contributed by atoms with Crippen LogP contribution in [0.25, 0.3) is 0 Å². The topological polar surface area (TPSA) is 83.8 Å². The van der Waals surface area contributed by atoms with E-state index in [9.17, 15) is 9.59 Å². The van der Waals surface area contributed by atoms with Gasteiger partial charge in [0.25, 0.3) is 0 Å². The van der Waals surface area contributed by atoms with Gasteiger partial charge in [-0.2, -0.15) is 0 Å². The van der Waals surface area contributed by atoms with Gasteiger partial charge in [0.15, 0.2) is 0 Å². The summed E-state index contributed by atoms with van der Waals surface area (Å²) in [5, 5.41) is 17.8. The van der Waals surface area contributed by atoms with Gasteiger partial charge in [0, 0.05) is 12.8 Å². The van der Waals surface area contributed by atoms with Gasteiger partial charge < -0.3 is 14.9 Å². The van der Waals surface area contributed by atoms with Crippen molar-refractivity contribution in [1.29, 1.82) is 0 Å². The highest BCUT2D eigenvalue weighted by Gasteiger charge is 2.19. The first kappa shape index (κ1) is 24.1. The minimum Gasteiger partial charge on any atom is -0.463 e. The zero-order valence-corrected chi connectivity index (χ0v) is 16.2. The van der Waals surface area contributed by atoms with Gasteiger partial charge in [-0.05, 0) is 6.42 Å². The molecule has 0 aromatic heterocycles. The van der Waals surface area contributed by atoms with E-state index in [-0.39, 0.29) is 18.8 Å². The summed E-state index contributed by atoms with van der Waals surface area (Å²) in [5.41, 5.74) is 0. The van der Waals surface area contributed by atoms with Crippen molar-refractivity contribution < 1.29 is 24.5 Å². The molecule has 0 aliphatic carbocycles. The number of esters is 1. The number of hydrogen-bond acceptors (Lipinski definition) is 5. The van der Waals surface area contributed by atoms with E-state index in [1.165, 1.54) is 51.4 Å². The first-order valence-corrected chi connectivity index (χ1v) is 9.98. The van der Waals surface area contributed by atoms with Crippen LogP contribution < -0.4 is 0 Å². The lowest BCUT2D eigenvalue weighted by atomic mass is 10.00. The summed E-state index contributed by atoms with van der Waals surface area (Å²) in [5.74, 6) is -0.905. The summed E-state index contributed by atoms with van der Waals surface area (Å²) >= 11 is 0. The summed E-state index contributed by atoms with van der Waals surface area (Å²) in [6.45, 7) is 3.21. The van der Waals surface area contributed by atoms with Gasteiger partial charge in [-0.3, -0.25) is 9.59 Å². The number of unbranched alkanes of at least 4 members (excludes halogenated alkanes) is 9. The first-order chi connectivity index (χ1) is 12.0. The van der Waals surface area contributed by atoms with Gasteiger partial charge in [-0.25, -0.2) is 0 Å². The van der Waals surface area contributed by atoms with Crippen LogP contribution in [-0.4, -0.2) is 41.3 Å². The maximum Gasteiger partial charge on any atom is 0.309 e. The number of ether oxygens (including phenoxy) is 1. The number of Topliss-reactive ketones (excluding diaryl/α,β-unsaturated/α-hetero) is 1. The Morgan fingerprint density at radius 2 is 1.44 bits per heavy atom. The molecule has 2 atom stereocenters. The van der Waals surface area contributed by atoms with Crippen LogP contribution in [0.1, 0.15) is 90.9 Å². The van der Waals surface area contributed by atoms with E-state index >= 15 is 0 Å². The summed E-state index contributed by atoms with van der Waals surface area (Å²) < 4.78 is 4.86. The number of carbonyl (C=O) groups is 2. The molecule has 25 heavy (non-hydrogen) atoms. The lowest BCUT2D eigenvalue weighted by Gasteiger charge is -2.12. The van der Waals surface area contributed by atoms with Gasteiger partial charge >= 0.3 is 5.97 Å². The molecule has 0 aliphatic rings. The Kier molecular flexibility index (Phi) is 15.9. The Labute approximate surface area is 153 Å². The fourth-order valence-corrected chi connectivity index (χ4v) is 2.71. The third-order valence-corrected chi connectivity index (χ3v) is 4.37. The molecule has 0 radical (unpaired) electrons. The van der Waals surface area contributed by atoms with Crippen molar-refractivity contribution in [2.45, 2.75) is 97.0 Å². The molecule has 0 fully saturated rings. The van der Waals surface area contributed by atoms with Crippen LogP contribution in [0.5, 0.6) is 0 Å². The molecule has 0 aromatic rings. The van der Waals surface area contributed by atoms with Crippen LogP contribution in [-0.2, 0) is 14.3 Å². The average molecular weight is 359 g/mol. The normalized spacial score (nSPS) is 13.4. The van der Waals surface area contributed by atoms with E-state index < -0.39 is 24.6 Å². The maximum atomic E-state index is 11.9. The van der Waals surface area contributed by atoms with Crippen molar-refractivity contribution in [2.75, 3.05) is 13.2 Å². The standard InChI is InChI=1S/C20H38O5/c1-3-4-5-6-7-8-9-10-11-12-13-18(22)14-17(2)20(24)25-16-19(23)15-21/h17,19,21,23H,3-16H2,1-2H3. The molecule has 148 valence electrons. The van der Waals surface area contributed by atoms with Crippen LogP contribution in [0.15, 0.2) is 0 Å². The predicted octanol–water partition coefficient (Wildman–Crippen LogP) is 3.79. The number of aliphatic hydroxyl groups excluding tert-OH is 2. The van der Waals surface area contributed by atoms with Crippen LogP contribution >= 0.6 is 0 Å². The third kappa shape index (κ3) is 15.1. The van der Waals surface area contributed by atoms with Crippen molar-refractivity contribution in [2.24, 2.45) is 5.92 Å². The van der Waals surface area contributed by atoms with Crippen molar-refractivity contribution in [3.8, 4) is 0 Å². The number of carbonyl (C=O) groups excluding carboxylic acids is 2. The molecule has 0 spiro atoms. The minimum atomic E-state index is -1.06. The highest BCUT2D eigenvalue weighted by molar-refractivity contribution is 5.84. The molecule has 0 bridgehead atoms. The molecule has 5 nitrogen and oxygen atoms in total. The lowest BCUT2D eigenvalue weighted by molar-refractivity contribution is -0.152. The van der Waals surface area contributed by atoms with Crippen LogP contribution in [0, 0.1) is 5.92 Å². The Hall–Kier alpha value is -0.940. The molecule has 0 saturated carbocycles. The Morgan fingerprint density at radius 3 is 1.96 bits per heavy atom.